The van der Waals surface area contributed by atoms with Crippen molar-refractivity contribution in [3.63, 3.8) is 0 Å². The largest absolute Gasteiger partial charge is 0.319 e. The van der Waals surface area contributed by atoms with Crippen LogP contribution < -0.4 is 5.32 Å². The van der Waals surface area contributed by atoms with Gasteiger partial charge in [-0.2, -0.15) is 10.1 Å². The quantitative estimate of drug-likeness (QED) is 0.561. The number of hydrogen-bond donors (Lipinski definition) is 3. The van der Waals surface area contributed by atoms with Crippen molar-refractivity contribution in [1.82, 2.24) is 25.4 Å². The Labute approximate surface area is 112 Å². The number of aromatic amines is 2. The molecule has 104 valence electrons. The molecule has 3 rings (SSSR count). The first-order valence-electron chi connectivity index (χ1n) is 6.06. The molecular weight excluding hydrogens is 266 g/mol. The van der Waals surface area contributed by atoms with Gasteiger partial charge >= 0.3 is 5.69 Å². The molecular formula is C10H11N7O3. The maximum Gasteiger partial charge on any atom is 0.319 e. The van der Waals surface area contributed by atoms with Crippen molar-refractivity contribution in [2.45, 2.75) is 25.2 Å². The normalized spacial score (nSPS) is 14.8. The monoisotopic (exact) mass is 277 g/mol. The third-order valence-electron chi connectivity index (χ3n) is 3.26. The lowest BCUT2D eigenvalue weighted by Crippen LogP contribution is -2.15. The number of amides is 1. The van der Waals surface area contributed by atoms with E-state index in [1.807, 2.05) is 0 Å². The first kappa shape index (κ1) is 12.3. The van der Waals surface area contributed by atoms with E-state index in [0.717, 1.165) is 31.3 Å². The Bertz CT molecular complexity index is 657. The fourth-order valence-electron chi connectivity index (χ4n) is 1.94. The van der Waals surface area contributed by atoms with Crippen LogP contribution in [0.25, 0.3) is 0 Å². The van der Waals surface area contributed by atoms with Gasteiger partial charge in [-0.1, -0.05) is 6.42 Å². The van der Waals surface area contributed by atoms with Crippen LogP contribution in [0.5, 0.6) is 0 Å². The Morgan fingerprint density at radius 1 is 1.45 bits per heavy atom. The lowest BCUT2D eigenvalue weighted by Gasteiger charge is -2.22. The molecule has 0 aliphatic heterocycles. The summed E-state index contributed by atoms with van der Waals surface area (Å²) >= 11 is 0. The van der Waals surface area contributed by atoms with Gasteiger partial charge < -0.3 is 0 Å². The minimum atomic E-state index is -0.701. The van der Waals surface area contributed by atoms with Crippen molar-refractivity contribution in [2.24, 2.45) is 0 Å². The van der Waals surface area contributed by atoms with Gasteiger partial charge in [0.15, 0.2) is 0 Å². The second-order valence-corrected chi connectivity index (χ2v) is 4.51. The zero-order chi connectivity index (χ0) is 14.1. The van der Waals surface area contributed by atoms with Crippen molar-refractivity contribution >= 4 is 17.5 Å². The Hall–Kier alpha value is -2.78. The van der Waals surface area contributed by atoms with Gasteiger partial charge in [0.05, 0.1) is 4.92 Å². The Balaban J connectivity index is 1.73. The number of hydrogen-bond acceptors (Lipinski definition) is 6. The number of H-pyrrole nitrogens is 2. The van der Waals surface area contributed by atoms with E-state index in [9.17, 15) is 14.9 Å². The van der Waals surface area contributed by atoms with Crippen LogP contribution in [0, 0.1) is 10.1 Å². The second-order valence-electron chi connectivity index (χ2n) is 4.51. The highest BCUT2D eigenvalue weighted by atomic mass is 16.6. The molecule has 0 aromatic carbocycles. The molecule has 1 aliphatic rings. The fourth-order valence-corrected chi connectivity index (χ4v) is 1.94. The van der Waals surface area contributed by atoms with Crippen LogP contribution in [0.4, 0.5) is 11.6 Å². The molecule has 1 aliphatic carbocycles. The highest BCUT2D eigenvalue weighted by Crippen LogP contribution is 2.34. The average Bonchev–Trinajstić information content (AvgIpc) is 2.95. The third-order valence-corrected chi connectivity index (χ3v) is 3.26. The third kappa shape index (κ3) is 2.11. The number of rotatable bonds is 4. The molecule has 0 spiro atoms. The van der Waals surface area contributed by atoms with Crippen molar-refractivity contribution < 1.29 is 9.72 Å². The highest BCUT2D eigenvalue weighted by molar-refractivity contribution is 6.04. The van der Waals surface area contributed by atoms with Crippen molar-refractivity contribution in [1.29, 1.82) is 0 Å². The summed E-state index contributed by atoms with van der Waals surface area (Å²) in [7, 11) is 0. The summed E-state index contributed by atoms with van der Waals surface area (Å²) in [6, 6.07) is 0. The molecule has 0 saturated heterocycles. The Morgan fingerprint density at radius 2 is 2.25 bits per heavy atom. The number of carbonyl (C=O) groups excluding carboxylic acids is 1. The van der Waals surface area contributed by atoms with Crippen LogP contribution in [0.3, 0.4) is 0 Å². The molecule has 0 bridgehead atoms. The maximum absolute atomic E-state index is 11.9. The summed E-state index contributed by atoms with van der Waals surface area (Å²) in [4.78, 5) is 26.1. The number of anilines is 1. The lowest BCUT2D eigenvalue weighted by atomic mass is 9.85. The van der Waals surface area contributed by atoms with Gasteiger partial charge in [-0.05, 0) is 12.8 Å². The van der Waals surface area contributed by atoms with Gasteiger partial charge in [-0.3, -0.25) is 30.4 Å². The molecule has 1 saturated carbocycles. The molecule has 10 nitrogen and oxygen atoms in total. The van der Waals surface area contributed by atoms with Gasteiger partial charge in [0.1, 0.15) is 12.0 Å². The van der Waals surface area contributed by atoms with Crippen molar-refractivity contribution in [3.8, 4) is 0 Å². The molecule has 1 amide bonds. The number of nitro groups is 1. The van der Waals surface area contributed by atoms with E-state index in [0.29, 0.717) is 5.92 Å². The maximum atomic E-state index is 11.9. The van der Waals surface area contributed by atoms with Crippen LogP contribution in [-0.4, -0.2) is 36.2 Å². The minimum Gasteiger partial charge on any atom is -0.288 e. The summed E-state index contributed by atoms with van der Waals surface area (Å²) in [5, 5.41) is 25.5. The summed E-state index contributed by atoms with van der Waals surface area (Å²) in [6.45, 7) is 0. The highest BCUT2D eigenvalue weighted by Gasteiger charge is 2.26. The number of nitrogens with zero attached hydrogens (tertiary/aromatic N) is 4. The second kappa shape index (κ2) is 4.72. The number of aromatic nitrogens is 5. The predicted octanol–water partition coefficient (Wildman–Crippen LogP) is 0.956. The van der Waals surface area contributed by atoms with Gasteiger partial charge in [0, 0.05) is 5.92 Å². The van der Waals surface area contributed by atoms with Crippen molar-refractivity contribution in [2.75, 3.05) is 5.32 Å². The van der Waals surface area contributed by atoms with Gasteiger partial charge in [-0.25, -0.2) is 0 Å². The molecule has 0 atom stereocenters. The first-order valence-corrected chi connectivity index (χ1v) is 6.06. The Kier molecular flexibility index (Phi) is 2.89. The number of nitrogens with one attached hydrogen (secondary N) is 3. The fraction of sp³-hybridized carbons (Fsp3) is 0.400. The summed E-state index contributed by atoms with van der Waals surface area (Å²) < 4.78 is 0. The molecule has 10 heteroatoms. The van der Waals surface area contributed by atoms with Crippen LogP contribution in [0.2, 0.25) is 0 Å². The van der Waals surface area contributed by atoms with Crippen LogP contribution in [-0.2, 0) is 0 Å². The SMILES string of the molecule is O=C(Nc1n[nH]c(C2CCC2)n1)c1[nH]ncc1[N+](=O)[O-]. The van der Waals surface area contributed by atoms with E-state index >= 15 is 0 Å². The molecule has 0 unspecified atom stereocenters. The molecule has 0 radical (unpaired) electrons. The molecule has 1 fully saturated rings. The zero-order valence-corrected chi connectivity index (χ0v) is 10.3. The van der Waals surface area contributed by atoms with E-state index in [1.165, 1.54) is 0 Å². The molecule has 2 heterocycles. The lowest BCUT2D eigenvalue weighted by molar-refractivity contribution is -0.385. The Morgan fingerprint density at radius 3 is 2.90 bits per heavy atom. The molecule has 20 heavy (non-hydrogen) atoms. The topological polar surface area (TPSA) is 142 Å². The summed E-state index contributed by atoms with van der Waals surface area (Å²) in [5.41, 5.74) is -0.623. The number of carbonyl (C=O) groups is 1. The van der Waals surface area contributed by atoms with E-state index in [4.69, 9.17) is 0 Å². The molecule has 2 aromatic rings. The minimum absolute atomic E-state index is 0.0980. The average molecular weight is 277 g/mol. The van der Waals surface area contributed by atoms with E-state index in [2.05, 4.69) is 30.7 Å². The van der Waals surface area contributed by atoms with Gasteiger partial charge in [-0.15, -0.1) is 5.10 Å². The van der Waals surface area contributed by atoms with E-state index in [1.54, 1.807) is 0 Å². The summed E-state index contributed by atoms with van der Waals surface area (Å²) in [6.07, 6.45) is 4.24. The molecule has 2 aromatic heterocycles. The van der Waals surface area contributed by atoms with Gasteiger partial charge in [0.2, 0.25) is 11.6 Å². The summed E-state index contributed by atoms with van der Waals surface area (Å²) in [5.74, 6) is 0.481. The standard InChI is InChI=1S/C10H11N7O3/c18-9(7-6(17(19)20)4-11-14-7)13-10-12-8(15-16-10)5-2-1-3-5/h4-5H,1-3H2,(H,11,14)(H2,12,13,15,16,18). The smallest absolute Gasteiger partial charge is 0.288 e. The van der Waals surface area contributed by atoms with Crippen LogP contribution in [0.15, 0.2) is 6.20 Å². The van der Waals surface area contributed by atoms with Crippen LogP contribution >= 0.6 is 0 Å². The van der Waals surface area contributed by atoms with E-state index < -0.39 is 16.5 Å². The van der Waals surface area contributed by atoms with Gasteiger partial charge in [0.25, 0.3) is 5.91 Å². The van der Waals surface area contributed by atoms with Crippen LogP contribution in [0.1, 0.15) is 41.5 Å². The predicted molar refractivity (Wildman–Crippen MR) is 66.2 cm³/mol. The zero-order valence-electron chi connectivity index (χ0n) is 10.3. The molecule has 3 N–H and O–H groups in total. The van der Waals surface area contributed by atoms with E-state index in [-0.39, 0.29) is 11.6 Å². The van der Waals surface area contributed by atoms with Crippen molar-refractivity contribution in [3.05, 3.63) is 27.8 Å². The first-order chi connectivity index (χ1) is 9.65.